The highest BCUT2D eigenvalue weighted by atomic mass is 35.5. The van der Waals surface area contributed by atoms with Gasteiger partial charge in [-0.1, -0.05) is 42.8 Å². The Morgan fingerprint density at radius 3 is 2.29 bits per heavy atom. The number of anilines is 1. The maximum atomic E-state index is 13.3. The van der Waals surface area contributed by atoms with Crippen LogP contribution in [0.5, 0.6) is 0 Å². The number of benzene rings is 2. The zero-order valence-corrected chi connectivity index (χ0v) is 22.7. The lowest BCUT2D eigenvalue weighted by Crippen LogP contribution is -2.48. The topological polar surface area (TPSA) is 86.8 Å². The van der Waals surface area contributed by atoms with Crippen LogP contribution in [-0.4, -0.2) is 50.5 Å². The van der Waals surface area contributed by atoms with Gasteiger partial charge >= 0.3 is 0 Å². The molecule has 2 aromatic carbocycles. The van der Waals surface area contributed by atoms with Crippen molar-refractivity contribution in [2.24, 2.45) is 0 Å². The highest BCUT2D eigenvalue weighted by Gasteiger charge is 2.27. The van der Waals surface area contributed by atoms with Crippen molar-refractivity contribution in [2.75, 3.05) is 23.7 Å². The molecule has 0 aliphatic carbocycles. The number of nitrogens with one attached hydrogen (secondary N) is 1. The number of nitrogens with zero attached hydrogens (tertiary/aromatic N) is 2. The number of rotatable bonds is 12. The Balaban J connectivity index is 2.19. The Labute approximate surface area is 214 Å². The Morgan fingerprint density at radius 2 is 1.71 bits per heavy atom. The number of hydrogen-bond acceptors (Lipinski definition) is 4. The summed E-state index contributed by atoms with van der Waals surface area (Å²) in [5.74, 6) is -0.474. The van der Waals surface area contributed by atoms with Crippen LogP contribution in [-0.2, 0) is 26.2 Å². The second-order valence-corrected chi connectivity index (χ2v) is 11.2. The van der Waals surface area contributed by atoms with Crippen molar-refractivity contribution in [1.82, 2.24) is 10.2 Å². The smallest absolute Gasteiger partial charge is 0.242 e. The third kappa shape index (κ3) is 8.54. The van der Waals surface area contributed by atoms with Crippen molar-refractivity contribution in [1.29, 1.82) is 0 Å². The van der Waals surface area contributed by atoms with Crippen molar-refractivity contribution in [2.45, 2.75) is 59.5 Å². The Morgan fingerprint density at radius 1 is 1.09 bits per heavy atom. The molecule has 9 heteroatoms. The second kappa shape index (κ2) is 12.9. The van der Waals surface area contributed by atoms with Gasteiger partial charge in [-0.2, -0.15) is 0 Å². The Bertz CT molecular complexity index is 1120. The Hall–Kier alpha value is -2.58. The number of hydrogen-bond donors (Lipinski definition) is 1. The summed E-state index contributed by atoms with van der Waals surface area (Å²) in [6, 6.07) is 12.1. The van der Waals surface area contributed by atoms with Crippen LogP contribution in [0.25, 0.3) is 0 Å². The fourth-order valence-electron chi connectivity index (χ4n) is 3.89. The van der Waals surface area contributed by atoms with Gasteiger partial charge in [0.1, 0.15) is 6.04 Å². The van der Waals surface area contributed by atoms with Crippen molar-refractivity contribution < 1.29 is 18.0 Å². The standard InChI is InChI=1S/C26H36ClN3O4S/c1-6-13-28-26(32)21(4)29(18-22-10-7-8-11-24(22)27)25(31)12-9-14-30(35(5,33)34)23-16-19(2)15-20(3)17-23/h7-8,10-11,15-17,21H,6,9,12-14,18H2,1-5H3,(H,28,32). The number of carbonyl (C=O) groups excluding carboxylic acids is 2. The predicted octanol–water partition coefficient (Wildman–Crippen LogP) is 4.45. The molecule has 2 rings (SSSR count). The van der Waals surface area contributed by atoms with Gasteiger partial charge in [0.2, 0.25) is 21.8 Å². The van der Waals surface area contributed by atoms with Gasteiger partial charge in [0.05, 0.1) is 11.9 Å². The molecular formula is C26H36ClN3O4S. The van der Waals surface area contributed by atoms with Gasteiger partial charge in [-0.3, -0.25) is 13.9 Å². The number of aryl methyl sites for hydroxylation is 2. The first-order chi connectivity index (χ1) is 16.4. The molecule has 2 amide bonds. The maximum Gasteiger partial charge on any atom is 0.242 e. The van der Waals surface area contributed by atoms with E-state index in [1.807, 2.05) is 57.2 Å². The summed E-state index contributed by atoms with van der Waals surface area (Å²) in [6.45, 7) is 8.35. The fraction of sp³-hybridized carbons (Fsp3) is 0.462. The molecule has 7 nitrogen and oxygen atoms in total. The molecule has 0 aliphatic heterocycles. The molecule has 0 radical (unpaired) electrons. The van der Waals surface area contributed by atoms with Crippen LogP contribution < -0.4 is 9.62 Å². The largest absolute Gasteiger partial charge is 0.354 e. The van der Waals surface area contributed by atoms with Crippen LogP contribution >= 0.6 is 11.6 Å². The molecule has 1 atom stereocenters. The molecule has 0 saturated carbocycles. The molecule has 0 bridgehead atoms. The van der Waals surface area contributed by atoms with E-state index in [9.17, 15) is 18.0 Å². The molecule has 0 heterocycles. The first-order valence-electron chi connectivity index (χ1n) is 11.8. The van der Waals surface area contributed by atoms with Crippen molar-refractivity contribution in [3.8, 4) is 0 Å². The van der Waals surface area contributed by atoms with Gasteiger partial charge in [-0.05, 0) is 68.5 Å². The first kappa shape index (κ1) is 28.7. The monoisotopic (exact) mass is 521 g/mol. The summed E-state index contributed by atoms with van der Waals surface area (Å²) >= 11 is 6.32. The molecule has 0 aromatic heterocycles. The van der Waals surface area contributed by atoms with E-state index in [4.69, 9.17) is 11.6 Å². The fourth-order valence-corrected chi connectivity index (χ4v) is 5.03. The van der Waals surface area contributed by atoms with Gasteiger partial charge in [0.15, 0.2) is 0 Å². The Kier molecular flexibility index (Phi) is 10.6. The number of carbonyl (C=O) groups is 2. The van der Waals surface area contributed by atoms with E-state index < -0.39 is 16.1 Å². The van der Waals surface area contributed by atoms with Crippen LogP contribution in [0.4, 0.5) is 5.69 Å². The van der Waals surface area contributed by atoms with E-state index >= 15 is 0 Å². The minimum atomic E-state index is -3.54. The summed E-state index contributed by atoms with van der Waals surface area (Å²) in [5, 5.41) is 3.36. The zero-order valence-electron chi connectivity index (χ0n) is 21.2. The molecule has 1 unspecified atom stereocenters. The average Bonchev–Trinajstić information content (AvgIpc) is 2.77. The molecule has 0 saturated heterocycles. The van der Waals surface area contributed by atoms with Gasteiger partial charge in [0, 0.05) is 31.1 Å². The van der Waals surface area contributed by atoms with Crippen LogP contribution in [0.2, 0.25) is 5.02 Å². The second-order valence-electron chi connectivity index (χ2n) is 8.86. The lowest BCUT2D eigenvalue weighted by molar-refractivity contribution is -0.140. The lowest BCUT2D eigenvalue weighted by Gasteiger charge is -2.29. The molecule has 0 spiro atoms. The van der Waals surface area contributed by atoms with Gasteiger partial charge in [-0.25, -0.2) is 8.42 Å². The predicted molar refractivity (Wildman–Crippen MR) is 142 cm³/mol. The third-order valence-corrected chi connectivity index (χ3v) is 7.22. The number of halogens is 1. The van der Waals surface area contributed by atoms with E-state index in [0.717, 1.165) is 29.4 Å². The van der Waals surface area contributed by atoms with Crippen LogP contribution in [0.3, 0.4) is 0 Å². The molecule has 1 N–H and O–H groups in total. The maximum absolute atomic E-state index is 13.3. The summed E-state index contributed by atoms with van der Waals surface area (Å²) < 4.78 is 26.3. The highest BCUT2D eigenvalue weighted by molar-refractivity contribution is 7.92. The molecule has 0 aliphatic rings. The molecular weight excluding hydrogens is 486 g/mol. The van der Waals surface area contributed by atoms with Crippen molar-refractivity contribution >= 4 is 39.1 Å². The van der Waals surface area contributed by atoms with Crippen LogP contribution in [0.1, 0.15) is 49.8 Å². The van der Waals surface area contributed by atoms with Crippen molar-refractivity contribution in [3.63, 3.8) is 0 Å². The normalized spacial score (nSPS) is 12.2. The third-order valence-electron chi connectivity index (χ3n) is 5.66. The summed E-state index contributed by atoms with van der Waals surface area (Å²) in [4.78, 5) is 27.5. The van der Waals surface area contributed by atoms with E-state index in [2.05, 4.69) is 5.32 Å². The first-order valence-corrected chi connectivity index (χ1v) is 14.0. The van der Waals surface area contributed by atoms with Gasteiger partial charge in [0.25, 0.3) is 0 Å². The summed E-state index contributed by atoms with van der Waals surface area (Å²) in [7, 11) is -3.54. The molecule has 0 fully saturated rings. The minimum absolute atomic E-state index is 0.0899. The molecule has 35 heavy (non-hydrogen) atoms. The van der Waals surface area contributed by atoms with E-state index in [1.54, 1.807) is 13.0 Å². The van der Waals surface area contributed by atoms with E-state index in [0.29, 0.717) is 23.7 Å². The van der Waals surface area contributed by atoms with Crippen molar-refractivity contribution in [3.05, 3.63) is 64.2 Å². The quantitative estimate of drug-likeness (QED) is 0.447. The van der Waals surface area contributed by atoms with Crippen LogP contribution in [0, 0.1) is 13.8 Å². The average molecular weight is 522 g/mol. The summed E-state index contributed by atoms with van der Waals surface area (Å²) in [5.41, 5.74) is 3.24. The van der Waals surface area contributed by atoms with Gasteiger partial charge in [-0.15, -0.1) is 0 Å². The molecule has 2 aromatic rings. The number of amides is 2. The highest BCUT2D eigenvalue weighted by Crippen LogP contribution is 2.23. The zero-order chi connectivity index (χ0) is 26.2. The van der Waals surface area contributed by atoms with E-state index in [-0.39, 0.29) is 31.3 Å². The summed E-state index contributed by atoms with van der Waals surface area (Å²) in [6.07, 6.45) is 2.35. The minimum Gasteiger partial charge on any atom is -0.354 e. The SMILES string of the molecule is CCCNC(=O)C(C)N(Cc1ccccc1Cl)C(=O)CCCN(c1cc(C)cc(C)c1)S(C)(=O)=O. The number of sulfonamides is 1. The van der Waals surface area contributed by atoms with Gasteiger partial charge < -0.3 is 10.2 Å². The van der Waals surface area contributed by atoms with E-state index in [1.165, 1.54) is 9.21 Å². The molecule has 192 valence electrons. The van der Waals surface area contributed by atoms with Crippen LogP contribution in [0.15, 0.2) is 42.5 Å². The lowest BCUT2D eigenvalue weighted by atomic mass is 10.1.